The van der Waals surface area contributed by atoms with E-state index >= 15 is 0 Å². The number of carbonyl (C=O) groups excluding carboxylic acids is 1. The molecule has 4 heteroatoms. The molecule has 0 aliphatic carbocycles. The Labute approximate surface area is 153 Å². The monoisotopic (exact) mass is 346 g/mol. The van der Waals surface area contributed by atoms with Gasteiger partial charge in [0.05, 0.1) is 6.04 Å². The van der Waals surface area contributed by atoms with Crippen molar-refractivity contribution >= 4 is 5.91 Å². The molecule has 1 atom stereocenters. The SMILES string of the molecule is O=C(NO)C(Cc1ccccc1)NCc1ccc(-c2ccccc2)cc1. The van der Waals surface area contributed by atoms with Crippen molar-refractivity contribution in [1.29, 1.82) is 0 Å². The van der Waals surface area contributed by atoms with Gasteiger partial charge >= 0.3 is 0 Å². The van der Waals surface area contributed by atoms with Gasteiger partial charge in [0.2, 0.25) is 0 Å². The zero-order valence-corrected chi connectivity index (χ0v) is 14.4. The van der Waals surface area contributed by atoms with E-state index in [1.165, 1.54) is 5.56 Å². The maximum Gasteiger partial charge on any atom is 0.260 e. The van der Waals surface area contributed by atoms with Gasteiger partial charge < -0.3 is 5.32 Å². The van der Waals surface area contributed by atoms with Crippen molar-refractivity contribution in [2.45, 2.75) is 19.0 Å². The molecule has 0 radical (unpaired) electrons. The third-order valence-corrected chi connectivity index (χ3v) is 4.32. The molecule has 3 aromatic rings. The van der Waals surface area contributed by atoms with Crippen molar-refractivity contribution in [1.82, 2.24) is 10.8 Å². The van der Waals surface area contributed by atoms with Gasteiger partial charge in [0.25, 0.3) is 5.91 Å². The molecule has 0 aliphatic rings. The van der Waals surface area contributed by atoms with Gasteiger partial charge in [-0.15, -0.1) is 0 Å². The fourth-order valence-corrected chi connectivity index (χ4v) is 2.87. The highest BCUT2D eigenvalue weighted by Gasteiger charge is 2.17. The molecular weight excluding hydrogens is 324 g/mol. The second-order valence-electron chi connectivity index (χ2n) is 6.16. The van der Waals surface area contributed by atoms with E-state index < -0.39 is 11.9 Å². The Hall–Kier alpha value is -2.95. The molecule has 0 bridgehead atoms. The molecule has 26 heavy (non-hydrogen) atoms. The first-order chi connectivity index (χ1) is 12.8. The summed E-state index contributed by atoms with van der Waals surface area (Å²) in [6, 6.07) is 27.7. The molecule has 0 aliphatic heterocycles. The summed E-state index contributed by atoms with van der Waals surface area (Å²) < 4.78 is 0. The van der Waals surface area contributed by atoms with Gasteiger partial charge in [0, 0.05) is 6.54 Å². The van der Waals surface area contributed by atoms with Crippen molar-refractivity contribution in [3.63, 3.8) is 0 Å². The van der Waals surface area contributed by atoms with Crippen LogP contribution in [0.2, 0.25) is 0 Å². The Kier molecular flexibility index (Phi) is 6.14. The van der Waals surface area contributed by atoms with Crippen LogP contribution < -0.4 is 10.8 Å². The number of hydroxylamine groups is 1. The lowest BCUT2D eigenvalue weighted by molar-refractivity contribution is -0.131. The number of rotatable bonds is 7. The molecule has 132 valence electrons. The molecular formula is C22H22N2O2. The predicted octanol–water partition coefficient (Wildman–Crippen LogP) is 3.56. The van der Waals surface area contributed by atoms with Crippen LogP contribution in [0, 0.1) is 0 Å². The molecule has 1 unspecified atom stereocenters. The standard InChI is InChI=1S/C22H22N2O2/c25-22(24-26)21(15-17-7-3-1-4-8-17)23-16-18-11-13-20(14-12-18)19-9-5-2-6-10-19/h1-14,21,23,26H,15-16H2,(H,24,25). The summed E-state index contributed by atoms with van der Waals surface area (Å²) in [5, 5.41) is 12.2. The van der Waals surface area contributed by atoms with E-state index in [4.69, 9.17) is 5.21 Å². The van der Waals surface area contributed by atoms with Crippen molar-refractivity contribution in [3.05, 3.63) is 96.1 Å². The van der Waals surface area contributed by atoms with Crippen LogP contribution in [0.5, 0.6) is 0 Å². The summed E-state index contributed by atoms with van der Waals surface area (Å²) >= 11 is 0. The number of hydrogen-bond acceptors (Lipinski definition) is 3. The minimum absolute atomic E-state index is 0.435. The van der Waals surface area contributed by atoms with Gasteiger partial charge in [0.15, 0.2) is 0 Å². The van der Waals surface area contributed by atoms with E-state index in [-0.39, 0.29) is 0 Å². The highest BCUT2D eigenvalue weighted by molar-refractivity contribution is 5.80. The quantitative estimate of drug-likeness (QED) is 0.453. The second kappa shape index (κ2) is 8.94. The predicted molar refractivity (Wildman–Crippen MR) is 103 cm³/mol. The molecule has 1 amide bonds. The summed E-state index contributed by atoms with van der Waals surface area (Å²) in [4.78, 5) is 12.0. The average Bonchev–Trinajstić information content (AvgIpc) is 2.72. The molecule has 3 aromatic carbocycles. The maximum atomic E-state index is 12.0. The number of nitrogens with one attached hydrogen (secondary N) is 2. The Bertz CT molecular complexity index is 818. The highest BCUT2D eigenvalue weighted by atomic mass is 16.5. The van der Waals surface area contributed by atoms with Gasteiger partial charge in [-0.3, -0.25) is 10.0 Å². The van der Waals surface area contributed by atoms with Gasteiger partial charge in [-0.25, -0.2) is 5.48 Å². The minimum Gasteiger partial charge on any atom is -0.301 e. The highest BCUT2D eigenvalue weighted by Crippen LogP contribution is 2.19. The molecule has 0 heterocycles. The normalized spacial score (nSPS) is 11.7. The lowest BCUT2D eigenvalue weighted by Crippen LogP contribution is -2.44. The molecule has 4 nitrogen and oxygen atoms in total. The molecule has 0 spiro atoms. The van der Waals surface area contributed by atoms with Gasteiger partial charge in [-0.05, 0) is 28.7 Å². The van der Waals surface area contributed by atoms with Crippen LogP contribution in [0.15, 0.2) is 84.9 Å². The average molecular weight is 346 g/mol. The van der Waals surface area contributed by atoms with E-state index in [1.54, 1.807) is 5.48 Å². The van der Waals surface area contributed by atoms with Crippen LogP contribution >= 0.6 is 0 Å². The van der Waals surface area contributed by atoms with Gasteiger partial charge in [0.1, 0.15) is 0 Å². The lowest BCUT2D eigenvalue weighted by Gasteiger charge is -2.17. The topological polar surface area (TPSA) is 61.4 Å². The zero-order valence-electron chi connectivity index (χ0n) is 14.4. The maximum absolute atomic E-state index is 12.0. The van der Waals surface area contributed by atoms with Crippen LogP contribution in [0.3, 0.4) is 0 Å². The van der Waals surface area contributed by atoms with Crippen LogP contribution in [0.4, 0.5) is 0 Å². The summed E-state index contributed by atoms with van der Waals surface area (Å²) in [7, 11) is 0. The first-order valence-electron chi connectivity index (χ1n) is 8.62. The van der Waals surface area contributed by atoms with Crippen LogP contribution in [-0.2, 0) is 17.8 Å². The van der Waals surface area contributed by atoms with Crippen LogP contribution in [-0.4, -0.2) is 17.2 Å². The molecule has 3 rings (SSSR count). The smallest absolute Gasteiger partial charge is 0.260 e. The minimum atomic E-state index is -0.504. The number of benzene rings is 3. The van der Waals surface area contributed by atoms with Crippen molar-refractivity contribution in [3.8, 4) is 11.1 Å². The van der Waals surface area contributed by atoms with Crippen molar-refractivity contribution in [2.24, 2.45) is 0 Å². The van der Waals surface area contributed by atoms with Gasteiger partial charge in [-0.2, -0.15) is 0 Å². The zero-order chi connectivity index (χ0) is 18.2. The van der Waals surface area contributed by atoms with E-state index in [9.17, 15) is 4.79 Å². The molecule has 0 saturated heterocycles. The van der Waals surface area contributed by atoms with Crippen LogP contribution in [0.25, 0.3) is 11.1 Å². The Balaban J connectivity index is 1.64. The Morgan fingerprint density at radius 3 is 1.96 bits per heavy atom. The van der Waals surface area contributed by atoms with Crippen LogP contribution in [0.1, 0.15) is 11.1 Å². The van der Waals surface area contributed by atoms with E-state index in [1.807, 2.05) is 60.7 Å². The van der Waals surface area contributed by atoms with Crippen molar-refractivity contribution < 1.29 is 10.0 Å². The fraction of sp³-hybridized carbons (Fsp3) is 0.136. The summed E-state index contributed by atoms with van der Waals surface area (Å²) in [5.74, 6) is -0.435. The first-order valence-corrected chi connectivity index (χ1v) is 8.62. The Morgan fingerprint density at radius 2 is 1.35 bits per heavy atom. The Morgan fingerprint density at radius 1 is 0.769 bits per heavy atom. The third kappa shape index (κ3) is 4.79. The molecule has 0 saturated carbocycles. The summed E-state index contributed by atoms with van der Waals surface area (Å²) in [6.45, 7) is 0.542. The number of hydrogen-bond donors (Lipinski definition) is 3. The van der Waals surface area contributed by atoms with Crippen molar-refractivity contribution in [2.75, 3.05) is 0 Å². The summed E-state index contributed by atoms with van der Waals surface area (Å²) in [6.07, 6.45) is 0.509. The molecule has 0 fully saturated rings. The molecule has 3 N–H and O–H groups in total. The number of carbonyl (C=O) groups is 1. The first kappa shape index (κ1) is 17.9. The lowest BCUT2D eigenvalue weighted by atomic mass is 10.0. The van der Waals surface area contributed by atoms with Gasteiger partial charge in [-0.1, -0.05) is 84.9 Å². The number of amides is 1. The van der Waals surface area contributed by atoms with E-state index in [2.05, 4.69) is 29.6 Å². The molecule has 0 aromatic heterocycles. The third-order valence-electron chi connectivity index (χ3n) is 4.32. The fourth-order valence-electron chi connectivity index (χ4n) is 2.87. The van der Waals surface area contributed by atoms with E-state index in [0.717, 1.165) is 16.7 Å². The summed E-state index contributed by atoms with van der Waals surface area (Å²) in [5.41, 5.74) is 6.19. The van der Waals surface area contributed by atoms with E-state index in [0.29, 0.717) is 13.0 Å². The second-order valence-corrected chi connectivity index (χ2v) is 6.16. The largest absolute Gasteiger partial charge is 0.301 e.